The molecule has 2 fully saturated rings. The largest absolute Gasteiger partial charge is 0.481 e. The van der Waals surface area contributed by atoms with Crippen LogP contribution < -0.4 is 0 Å². The van der Waals surface area contributed by atoms with E-state index >= 15 is 0 Å². The van der Waals surface area contributed by atoms with Crippen molar-refractivity contribution in [2.24, 2.45) is 17.8 Å². The third-order valence-electron chi connectivity index (χ3n) is 4.12. The fourth-order valence-electron chi connectivity index (χ4n) is 2.94. The SMILES string of the molecule is O=C(O)[C@H]1CN(C(=O)c2ccncc2)C[C@@H]1C1CC1. The van der Waals surface area contributed by atoms with Gasteiger partial charge >= 0.3 is 5.97 Å². The Bertz CT molecular complexity index is 499. The van der Waals surface area contributed by atoms with Crippen molar-refractivity contribution in [1.82, 2.24) is 9.88 Å². The van der Waals surface area contributed by atoms with E-state index in [0.29, 0.717) is 24.6 Å². The van der Waals surface area contributed by atoms with E-state index in [1.165, 1.54) is 0 Å². The predicted octanol–water partition coefficient (Wildman–Crippen LogP) is 1.26. The summed E-state index contributed by atoms with van der Waals surface area (Å²) in [6, 6.07) is 3.34. The molecule has 1 aliphatic carbocycles. The molecule has 1 aromatic rings. The van der Waals surface area contributed by atoms with E-state index in [1.807, 2.05) is 0 Å². The number of carbonyl (C=O) groups excluding carboxylic acids is 1. The lowest BCUT2D eigenvalue weighted by molar-refractivity contribution is -0.142. The van der Waals surface area contributed by atoms with Crippen LogP contribution in [0, 0.1) is 17.8 Å². The molecule has 1 saturated carbocycles. The minimum atomic E-state index is -0.776. The van der Waals surface area contributed by atoms with Crippen LogP contribution in [0.4, 0.5) is 0 Å². The topological polar surface area (TPSA) is 70.5 Å². The molecule has 0 spiro atoms. The number of carboxylic acids is 1. The minimum Gasteiger partial charge on any atom is -0.481 e. The van der Waals surface area contributed by atoms with Gasteiger partial charge in [-0.1, -0.05) is 0 Å². The molecule has 1 amide bonds. The number of aliphatic carboxylic acids is 1. The Morgan fingerprint density at radius 1 is 1.21 bits per heavy atom. The summed E-state index contributed by atoms with van der Waals surface area (Å²) >= 11 is 0. The minimum absolute atomic E-state index is 0.0863. The molecule has 0 unspecified atom stereocenters. The molecule has 5 nitrogen and oxygen atoms in total. The summed E-state index contributed by atoms with van der Waals surface area (Å²) in [6.07, 6.45) is 5.37. The molecule has 1 aliphatic heterocycles. The molecular formula is C14H16N2O3. The van der Waals surface area contributed by atoms with Crippen molar-refractivity contribution in [2.75, 3.05) is 13.1 Å². The Balaban J connectivity index is 1.76. The average Bonchev–Trinajstić information content (AvgIpc) is 3.17. The smallest absolute Gasteiger partial charge is 0.308 e. The number of amides is 1. The van der Waals surface area contributed by atoms with Gasteiger partial charge in [-0.05, 0) is 36.8 Å². The van der Waals surface area contributed by atoms with E-state index in [2.05, 4.69) is 4.98 Å². The molecule has 2 aliphatic rings. The molecule has 100 valence electrons. The van der Waals surface area contributed by atoms with Crippen LogP contribution in [0.3, 0.4) is 0 Å². The number of carboxylic acid groups (broad SMARTS) is 1. The summed E-state index contributed by atoms with van der Waals surface area (Å²) < 4.78 is 0. The number of hydrogen-bond donors (Lipinski definition) is 1. The lowest BCUT2D eigenvalue weighted by Gasteiger charge is -2.16. The molecule has 0 radical (unpaired) electrons. The lowest BCUT2D eigenvalue weighted by atomic mass is 9.92. The second-order valence-electron chi connectivity index (χ2n) is 5.39. The van der Waals surface area contributed by atoms with Crippen LogP contribution >= 0.6 is 0 Å². The normalized spacial score (nSPS) is 26.4. The fraction of sp³-hybridized carbons (Fsp3) is 0.500. The van der Waals surface area contributed by atoms with Crippen LogP contribution in [0.1, 0.15) is 23.2 Å². The van der Waals surface area contributed by atoms with Gasteiger partial charge in [0.15, 0.2) is 0 Å². The third-order valence-corrected chi connectivity index (χ3v) is 4.12. The van der Waals surface area contributed by atoms with Gasteiger partial charge in [-0.15, -0.1) is 0 Å². The molecule has 0 aromatic carbocycles. The highest BCUT2D eigenvalue weighted by molar-refractivity contribution is 5.94. The second-order valence-corrected chi connectivity index (χ2v) is 5.39. The molecule has 1 aromatic heterocycles. The maximum Gasteiger partial charge on any atom is 0.308 e. The van der Waals surface area contributed by atoms with Crippen molar-refractivity contribution in [3.05, 3.63) is 30.1 Å². The van der Waals surface area contributed by atoms with Gasteiger partial charge in [0.25, 0.3) is 5.91 Å². The van der Waals surface area contributed by atoms with Crippen molar-refractivity contribution < 1.29 is 14.7 Å². The van der Waals surface area contributed by atoms with Crippen LogP contribution in [0.25, 0.3) is 0 Å². The molecule has 0 bridgehead atoms. The number of nitrogens with zero attached hydrogens (tertiary/aromatic N) is 2. The summed E-state index contributed by atoms with van der Waals surface area (Å²) in [5.74, 6) is -0.642. The Kier molecular flexibility index (Phi) is 2.97. The molecular weight excluding hydrogens is 244 g/mol. The van der Waals surface area contributed by atoms with Crippen LogP contribution in [0.5, 0.6) is 0 Å². The number of hydrogen-bond acceptors (Lipinski definition) is 3. The van der Waals surface area contributed by atoms with Gasteiger partial charge in [0.05, 0.1) is 5.92 Å². The molecule has 2 atom stereocenters. The van der Waals surface area contributed by atoms with Crippen molar-refractivity contribution >= 4 is 11.9 Å². The van der Waals surface area contributed by atoms with Gasteiger partial charge in [0, 0.05) is 31.0 Å². The van der Waals surface area contributed by atoms with E-state index in [9.17, 15) is 14.7 Å². The van der Waals surface area contributed by atoms with Crippen LogP contribution in [0.2, 0.25) is 0 Å². The molecule has 3 rings (SSSR count). The van der Waals surface area contributed by atoms with Gasteiger partial charge in [-0.3, -0.25) is 14.6 Å². The predicted molar refractivity (Wildman–Crippen MR) is 67.5 cm³/mol. The first-order chi connectivity index (χ1) is 9.16. The zero-order valence-electron chi connectivity index (χ0n) is 10.5. The van der Waals surface area contributed by atoms with Crippen LogP contribution in [-0.4, -0.2) is 40.0 Å². The van der Waals surface area contributed by atoms with Crippen molar-refractivity contribution in [2.45, 2.75) is 12.8 Å². The van der Waals surface area contributed by atoms with Gasteiger partial charge in [-0.25, -0.2) is 0 Å². The summed E-state index contributed by atoms with van der Waals surface area (Å²) in [7, 11) is 0. The Morgan fingerprint density at radius 2 is 1.89 bits per heavy atom. The highest BCUT2D eigenvalue weighted by Crippen LogP contribution is 2.44. The summed E-state index contributed by atoms with van der Waals surface area (Å²) in [5, 5.41) is 9.28. The maximum atomic E-state index is 12.3. The highest BCUT2D eigenvalue weighted by atomic mass is 16.4. The standard InChI is InChI=1S/C14H16N2O3/c17-13(10-3-5-15-6-4-10)16-7-11(9-1-2-9)12(8-16)14(18)19/h3-6,9,11-12H,1-2,7-8H2,(H,18,19)/t11-,12+/m1/s1. The monoisotopic (exact) mass is 260 g/mol. The Morgan fingerprint density at radius 3 is 2.47 bits per heavy atom. The van der Waals surface area contributed by atoms with E-state index in [-0.39, 0.29) is 11.8 Å². The average molecular weight is 260 g/mol. The fourth-order valence-corrected chi connectivity index (χ4v) is 2.94. The van der Waals surface area contributed by atoms with Crippen molar-refractivity contribution in [3.63, 3.8) is 0 Å². The molecule has 1 saturated heterocycles. The van der Waals surface area contributed by atoms with E-state index < -0.39 is 11.9 Å². The molecule has 2 heterocycles. The Labute approximate surface area is 111 Å². The number of rotatable bonds is 3. The van der Waals surface area contributed by atoms with Gasteiger partial charge in [-0.2, -0.15) is 0 Å². The molecule has 19 heavy (non-hydrogen) atoms. The summed E-state index contributed by atoms with van der Waals surface area (Å²) in [4.78, 5) is 29.2. The van der Waals surface area contributed by atoms with E-state index in [0.717, 1.165) is 12.8 Å². The van der Waals surface area contributed by atoms with Gasteiger partial charge in [0.2, 0.25) is 0 Å². The first-order valence-electron chi connectivity index (χ1n) is 6.59. The number of likely N-dealkylation sites (tertiary alicyclic amines) is 1. The summed E-state index contributed by atoms with van der Waals surface area (Å²) in [6.45, 7) is 0.903. The number of pyridine rings is 1. The quantitative estimate of drug-likeness (QED) is 0.888. The summed E-state index contributed by atoms with van der Waals surface area (Å²) in [5.41, 5.74) is 0.579. The van der Waals surface area contributed by atoms with Crippen LogP contribution in [-0.2, 0) is 4.79 Å². The van der Waals surface area contributed by atoms with Crippen LogP contribution in [0.15, 0.2) is 24.5 Å². The van der Waals surface area contributed by atoms with Gasteiger partial charge < -0.3 is 10.0 Å². The molecule has 1 N–H and O–H groups in total. The number of aromatic nitrogens is 1. The molecule has 5 heteroatoms. The van der Waals surface area contributed by atoms with E-state index in [4.69, 9.17) is 0 Å². The second kappa shape index (κ2) is 4.64. The van der Waals surface area contributed by atoms with E-state index in [1.54, 1.807) is 29.4 Å². The number of carbonyl (C=O) groups is 2. The maximum absolute atomic E-state index is 12.3. The zero-order valence-corrected chi connectivity index (χ0v) is 10.5. The Hall–Kier alpha value is -1.91. The van der Waals surface area contributed by atoms with Gasteiger partial charge in [0.1, 0.15) is 0 Å². The van der Waals surface area contributed by atoms with Crippen molar-refractivity contribution in [1.29, 1.82) is 0 Å². The first-order valence-corrected chi connectivity index (χ1v) is 6.59. The van der Waals surface area contributed by atoms with Crippen molar-refractivity contribution in [3.8, 4) is 0 Å². The lowest BCUT2D eigenvalue weighted by Crippen LogP contribution is -2.29. The zero-order chi connectivity index (χ0) is 13.4. The highest BCUT2D eigenvalue weighted by Gasteiger charge is 2.46. The first kappa shape index (κ1) is 12.1. The third kappa shape index (κ3) is 2.32.